The Kier molecular flexibility index (Phi) is 2.94. The Bertz CT molecular complexity index is 982. The van der Waals surface area contributed by atoms with Gasteiger partial charge in [0.25, 0.3) is 0 Å². The number of nitrogens with one attached hydrogen (secondary N) is 1. The second kappa shape index (κ2) is 4.97. The Hall–Kier alpha value is -2.65. The Morgan fingerprint density at radius 1 is 1.00 bits per heavy atom. The molecule has 0 spiro atoms. The van der Waals surface area contributed by atoms with Crippen LogP contribution in [0.5, 0.6) is 0 Å². The molecule has 0 saturated heterocycles. The molecule has 0 saturated carbocycles. The van der Waals surface area contributed by atoms with Crippen LogP contribution in [0.4, 0.5) is 0 Å². The van der Waals surface area contributed by atoms with Crippen LogP contribution in [0.3, 0.4) is 0 Å². The van der Waals surface area contributed by atoms with E-state index in [0.717, 1.165) is 22.3 Å². The van der Waals surface area contributed by atoms with E-state index < -0.39 is 0 Å². The van der Waals surface area contributed by atoms with E-state index in [1.807, 2.05) is 13.1 Å². The van der Waals surface area contributed by atoms with E-state index in [1.165, 1.54) is 21.9 Å². The topological polar surface area (TPSA) is 54.7 Å². The number of nitrogens with two attached hydrogens (primary N) is 1. The van der Waals surface area contributed by atoms with E-state index in [0.29, 0.717) is 6.54 Å². The van der Waals surface area contributed by atoms with Crippen molar-refractivity contribution < 1.29 is 0 Å². The van der Waals surface area contributed by atoms with Crippen molar-refractivity contribution in [3.63, 3.8) is 0 Å². The fourth-order valence-corrected chi connectivity index (χ4v) is 3.02. The number of aromatic nitrogens is 2. The Morgan fingerprint density at radius 2 is 1.86 bits per heavy atom. The highest BCUT2D eigenvalue weighted by Gasteiger charge is 2.08. The molecule has 3 heteroatoms. The number of fused-ring (bicyclic) bond motifs is 3. The summed E-state index contributed by atoms with van der Waals surface area (Å²) in [7, 11) is 0. The Balaban J connectivity index is 1.96. The standard InChI is InChI=1S/C19H17N3/c1-12-19-16(7-8-21-12)17-10-15(5-6-18(17)22-19)14-4-2-3-13(9-14)11-20/h2-10,22H,11,20H2,1H3. The summed E-state index contributed by atoms with van der Waals surface area (Å²) in [6.07, 6.45) is 1.87. The van der Waals surface area contributed by atoms with Gasteiger partial charge in [0, 0.05) is 29.0 Å². The molecule has 22 heavy (non-hydrogen) atoms. The molecule has 3 N–H and O–H groups in total. The molecule has 0 unspecified atom stereocenters. The van der Waals surface area contributed by atoms with Crippen molar-refractivity contribution in [3.05, 3.63) is 66.0 Å². The normalized spacial score (nSPS) is 11.4. The van der Waals surface area contributed by atoms with Gasteiger partial charge in [0.05, 0.1) is 11.2 Å². The summed E-state index contributed by atoms with van der Waals surface area (Å²) in [6, 6.07) is 17.0. The molecular weight excluding hydrogens is 270 g/mol. The number of H-pyrrole nitrogens is 1. The average Bonchev–Trinajstić information content (AvgIpc) is 2.94. The van der Waals surface area contributed by atoms with Gasteiger partial charge in [0.15, 0.2) is 0 Å². The minimum absolute atomic E-state index is 0.564. The van der Waals surface area contributed by atoms with Crippen molar-refractivity contribution in [2.24, 2.45) is 5.73 Å². The molecule has 3 nitrogen and oxygen atoms in total. The number of pyridine rings is 1. The first-order chi connectivity index (χ1) is 10.8. The lowest BCUT2D eigenvalue weighted by Gasteiger charge is -2.04. The van der Waals surface area contributed by atoms with Crippen molar-refractivity contribution in [2.45, 2.75) is 13.5 Å². The molecule has 0 radical (unpaired) electrons. The van der Waals surface area contributed by atoms with Crippen molar-refractivity contribution in [2.75, 3.05) is 0 Å². The molecule has 0 aliphatic heterocycles. The fourth-order valence-electron chi connectivity index (χ4n) is 3.02. The van der Waals surface area contributed by atoms with Crippen LogP contribution >= 0.6 is 0 Å². The smallest absolute Gasteiger partial charge is 0.0681 e. The first-order valence-corrected chi connectivity index (χ1v) is 7.43. The molecule has 0 fully saturated rings. The molecule has 0 bridgehead atoms. The van der Waals surface area contributed by atoms with Crippen LogP contribution in [0.15, 0.2) is 54.7 Å². The summed E-state index contributed by atoms with van der Waals surface area (Å²) in [6.45, 7) is 2.59. The number of hydrogen-bond acceptors (Lipinski definition) is 2. The average molecular weight is 287 g/mol. The highest BCUT2D eigenvalue weighted by atomic mass is 14.8. The van der Waals surface area contributed by atoms with E-state index in [1.54, 1.807) is 0 Å². The Labute approximate surface area is 128 Å². The van der Waals surface area contributed by atoms with E-state index in [2.05, 4.69) is 58.5 Å². The van der Waals surface area contributed by atoms with Crippen molar-refractivity contribution in [3.8, 4) is 11.1 Å². The molecule has 4 aromatic rings. The lowest BCUT2D eigenvalue weighted by atomic mass is 10.0. The molecule has 0 aliphatic carbocycles. The largest absolute Gasteiger partial charge is 0.353 e. The number of aryl methyl sites for hydroxylation is 1. The molecular formula is C19H17N3. The Morgan fingerprint density at radius 3 is 2.73 bits per heavy atom. The number of rotatable bonds is 2. The van der Waals surface area contributed by atoms with Crippen molar-refractivity contribution >= 4 is 21.8 Å². The van der Waals surface area contributed by atoms with Gasteiger partial charge >= 0.3 is 0 Å². The molecule has 2 heterocycles. The van der Waals surface area contributed by atoms with Gasteiger partial charge in [-0.3, -0.25) is 4.98 Å². The number of nitrogens with zero attached hydrogens (tertiary/aromatic N) is 1. The van der Waals surface area contributed by atoms with Crippen LogP contribution in [0.1, 0.15) is 11.3 Å². The van der Waals surface area contributed by atoms with Gasteiger partial charge < -0.3 is 10.7 Å². The van der Waals surface area contributed by atoms with Crippen LogP contribution < -0.4 is 5.73 Å². The monoisotopic (exact) mass is 287 g/mol. The van der Waals surface area contributed by atoms with Gasteiger partial charge in [-0.1, -0.05) is 24.3 Å². The van der Waals surface area contributed by atoms with Crippen LogP contribution in [0.25, 0.3) is 32.9 Å². The molecule has 2 aromatic carbocycles. The van der Waals surface area contributed by atoms with E-state index in [4.69, 9.17) is 5.73 Å². The zero-order valence-electron chi connectivity index (χ0n) is 12.4. The van der Waals surface area contributed by atoms with E-state index in [9.17, 15) is 0 Å². The molecule has 0 atom stereocenters. The lowest BCUT2D eigenvalue weighted by Crippen LogP contribution is -1.95. The minimum Gasteiger partial charge on any atom is -0.353 e. The predicted octanol–water partition coefficient (Wildman–Crippen LogP) is 4.15. The van der Waals surface area contributed by atoms with Gasteiger partial charge in [0.1, 0.15) is 0 Å². The third-order valence-corrected chi connectivity index (χ3v) is 4.21. The van der Waals surface area contributed by atoms with Crippen LogP contribution in [-0.4, -0.2) is 9.97 Å². The zero-order chi connectivity index (χ0) is 15.1. The summed E-state index contributed by atoms with van der Waals surface area (Å²) in [4.78, 5) is 7.83. The quantitative estimate of drug-likeness (QED) is 0.582. The molecule has 2 aromatic heterocycles. The highest BCUT2D eigenvalue weighted by molar-refractivity contribution is 6.09. The third kappa shape index (κ3) is 1.98. The van der Waals surface area contributed by atoms with Crippen LogP contribution in [0.2, 0.25) is 0 Å². The maximum Gasteiger partial charge on any atom is 0.0681 e. The van der Waals surface area contributed by atoms with Gasteiger partial charge in [-0.15, -0.1) is 0 Å². The molecule has 4 rings (SSSR count). The number of hydrogen-bond donors (Lipinski definition) is 2. The molecule has 0 aliphatic rings. The maximum absolute atomic E-state index is 5.75. The van der Waals surface area contributed by atoms with Crippen molar-refractivity contribution in [1.82, 2.24) is 9.97 Å². The van der Waals surface area contributed by atoms with Gasteiger partial charge in [-0.05, 0) is 47.9 Å². The second-order valence-electron chi connectivity index (χ2n) is 5.61. The van der Waals surface area contributed by atoms with Crippen LogP contribution in [0, 0.1) is 6.92 Å². The summed E-state index contributed by atoms with van der Waals surface area (Å²) in [5.41, 5.74) is 12.6. The van der Waals surface area contributed by atoms with Gasteiger partial charge in [-0.2, -0.15) is 0 Å². The lowest BCUT2D eigenvalue weighted by molar-refractivity contribution is 1.07. The summed E-state index contributed by atoms with van der Waals surface area (Å²) < 4.78 is 0. The number of aromatic amines is 1. The predicted molar refractivity (Wildman–Crippen MR) is 91.7 cm³/mol. The van der Waals surface area contributed by atoms with E-state index in [-0.39, 0.29) is 0 Å². The molecule has 0 amide bonds. The fraction of sp³-hybridized carbons (Fsp3) is 0.105. The maximum atomic E-state index is 5.75. The highest BCUT2D eigenvalue weighted by Crippen LogP contribution is 2.30. The van der Waals surface area contributed by atoms with Crippen molar-refractivity contribution in [1.29, 1.82) is 0 Å². The van der Waals surface area contributed by atoms with E-state index >= 15 is 0 Å². The third-order valence-electron chi connectivity index (χ3n) is 4.21. The zero-order valence-corrected chi connectivity index (χ0v) is 12.4. The minimum atomic E-state index is 0.564. The van der Waals surface area contributed by atoms with Gasteiger partial charge in [0.2, 0.25) is 0 Å². The summed E-state index contributed by atoms with van der Waals surface area (Å²) >= 11 is 0. The number of benzene rings is 2. The summed E-state index contributed by atoms with van der Waals surface area (Å²) in [5.74, 6) is 0. The second-order valence-corrected chi connectivity index (χ2v) is 5.61. The van der Waals surface area contributed by atoms with Crippen LogP contribution in [-0.2, 0) is 6.54 Å². The molecule has 108 valence electrons. The SMILES string of the molecule is Cc1nccc2c1[nH]c1ccc(-c3cccc(CN)c3)cc12. The summed E-state index contributed by atoms with van der Waals surface area (Å²) in [5, 5.41) is 2.45. The van der Waals surface area contributed by atoms with Gasteiger partial charge in [-0.25, -0.2) is 0 Å². The first-order valence-electron chi connectivity index (χ1n) is 7.43. The first kappa shape index (κ1) is 13.0.